The van der Waals surface area contributed by atoms with E-state index in [1.165, 1.54) is 0 Å². The lowest BCUT2D eigenvalue weighted by atomic mass is 10.1. The van der Waals surface area contributed by atoms with Crippen LogP contribution in [0.1, 0.15) is 20.3 Å². The fourth-order valence-electron chi connectivity index (χ4n) is 0.333. The van der Waals surface area contributed by atoms with Crippen LogP contribution in [0.25, 0.3) is 0 Å². The lowest BCUT2D eigenvalue weighted by Crippen LogP contribution is -2.23. The van der Waals surface area contributed by atoms with Gasteiger partial charge in [-0.05, 0) is 18.6 Å². The Morgan fingerprint density at radius 3 is 1.89 bits per heavy atom. The van der Waals surface area contributed by atoms with Crippen LogP contribution in [0, 0.1) is 5.92 Å². The van der Waals surface area contributed by atoms with Crippen molar-refractivity contribution in [3.05, 3.63) is 0 Å². The normalized spacial score (nSPS) is 8.11. The topological polar surface area (TPSA) is 40.1 Å². The van der Waals surface area contributed by atoms with Gasteiger partial charge < -0.3 is 9.90 Å². The van der Waals surface area contributed by atoms with Gasteiger partial charge in [-0.25, -0.2) is 0 Å². The summed E-state index contributed by atoms with van der Waals surface area (Å²) in [6.07, 6.45) is 1.86. The van der Waals surface area contributed by atoms with Gasteiger partial charge in [-0.2, -0.15) is 12.6 Å². The third-order valence-electron chi connectivity index (χ3n) is 0.575. The van der Waals surface area contributed by atoms with E-state index in [9.17, 15) is 9.90 Å². The first-order valence-corrected chi connectivity index (χ1v) is 3.67. The Morgan fingerprint density at radius 1 is 1.56 bits per heavy atom. The number of hydrogen-bond acceptors (Lipinski definition) is 3. The zero-order chi connectivity index (χ0) is 7.86. The number of hydrogen-bond donors (Lipinski definition) is 1. The Bertz CT molecular complexity index is 71.5. The minimum Gasteiger partial charge on any atom is -0.550 e. The number of carboxylic acids is 1. The van der Waals surface area contributed by atoms with E-state index in [0.717, 1.165) is 0 Å². The number of carboxylic acid groups (broad SMARTS) is 1. The van der Waals surface area contributed by atoms with Gasteiger partial charge in [0.2, 0.25) is 0 Å². The number of carbonyl (C=O) groups excluding carboxylic acids is 1. The molecule has 9 heavy (non-hydrogen) atoms. The van der Waals surface area contributed by atoms with Crippen molar-refractivity contribution in [2.45, 2.75) is 20.3 Å². The average molecular weight is 149 g/mol. The molecule has 56 valence electrons. The highest BCUT2D eigenvalue weighted by Crippen LogP contribution is 1.95. The molecule has 0 aromatic carbocycles. The molecule has 0 aliphatic rings. The molecular weight excluding hydrogens is 136 g/mol. The van der Waals surface area contributed by atoms with Crippen LogP contribution in [-0.2, 0) is 4.79 Å². The second-order valence-electron chi connectivity index (χ2n) is 1.97. The Labute approximate surface area is 61.7 Å². The van der Waals surface area contributed by atoms with Crippen LogP contribution in [0.15, 0.2) is 0 Å². The third kappa shape index (κ3) is 18.2. The molecule has 0 aliphatic heterocycles. The molecule has 0 saturated heterocycles. The second kappa shape index (κ2) is 7.82. The van der Waals surface area contributed by atoms with E-state index in [2.05, 4.69) is 12.6 Å². The van der Waals surface area contributed by atoms with Crippen molar-refractivity contribution in [2.75, 3.05) is 6.26 Å². The third-order valence-corrected chi connectivity index (χ3v) is 0.575. The molecule has 0 radical (unpaired) electrons. The summed E-state index contributed by atoms with van der Waals surface area (Å²) in [4.78, 5) is 9.70. The summed E-state index contributed by atoms with van der Waals surface area (Å²) in [5, 5.41) is 9.70. The van der Waals surface area contributed by atoms with Gasteiger partial charge in [0, 0.05) is 5.97 Å². The lowest BCUT2D eigenvalue weighted by molar-refractivity contribution is -0.306. The van der Waals surface area contributed by atoms with Crippen molar-refractivity contribution in [2.24, 2.45) is 5.92 Å². The average Bonchev–Trinajstić information content (AvgIpc) is 1.68. The molecule has 0 bridgehead atoms. The predicted molar refractivity (Wildman–Crippen MR) is 39.4 cm³/mol. The Morgan fingerprint density at radius 2 is 1.89 bits per heavy atom. The fourth-order valence-corrected chi connectivity index (χ4v) is 0.333. The Kier molecular flexibility index (Phi) is 10.1. The summed E-state index contributed by atoms with van der Waals surface area (Å²) in [6.45, 7) is 3.69. The molecule has 0 unspecified atom stereocenters. The van der Waals surface area contributed by atoms with Crippen LogP contribution < -0.4 is 5.11 Å². The Hall–Kier alpha value is -0.180. The monoisotopic (exact) mass is 149 g/mol. The molecule has 0 aromatic rings. The van der Waals surface area contributed by atoms with Crippen LogP contribution in [0.5, 0.6) is 0 Å². The summed E-state index contributed by atoms with van der Waals surface area (Å²) in [5.41, 5.74) is 0. The standard InChI is InChI=1S/C5H10O2.CH4S/c1-4(2)3-5(6)7;1-2/h4H,3H2,1-2H3,(H,6,7);2H,1H3/p-1. The van der Waals surface area contributed by atoms with E-state index in [0.29, 0.717) is 0 Å². The summed E-state index contributed by atoms with van der Waals surface area (Å²) in [6, 6.07) is 0. The van der Waals surface area contributed by atoms with Crippen molar-refractivity contribution in [3.63, 3.8) is 0 Å². The maximum Gasteiger partial charge on any atom is 0.0416 e. The zero-order valence-electron chi connectivity index (χ0n) is 6.05. The van der Waals surface area contributed by atoms with Gasteiger partial charge in [-0.1, -0.05) is 13.8 Å². The van der Waals surface area contributed by atoms with Gasteiger partial charge in [0.05, 0.1) is 0 Å². The van der Waals surface area contributed by atoms with E-state index in [-0.39, 0.29) is 12.3 Å². The van der Waals surface area contributed by atoms with E-state index < -0.39 is 5.97 Å². The molecule has 0 spiro atoms. The van der Waals surface area contributed by atoms with Crippen molar-refractivity contribution in [1.82, 2.24) is 0 Å². The maximum absolute atomic E-state index is 9.70. The van der Waals surface area contributed by atoms with E-state index in [1.807, 2.05) is 13.8 Å². The van der Waals surface area contributed by atoms with Crippen LogP contribution >= 0.6 is 12.6 Å². The van der Waals surface area contributed by atoms with Gasteiger partial charge in [0.25, 0.3) is 0 Å². The fraction of sp³-hybridized carbons (Fsp3) is 0.833. The van der Waals surface area contributed by atoms with Gasteiger partial charge in [0.15, 0.2) is 0 Å². The number of rotatable bonds is 2. The SMILES string of the molecule is CC(C)CC(=O)[O-].CS. The molecule has 0 aromatic heterocycles. The first-order chi connectivity index (χ1) is 4.13. The van der Waals surface area contributed by atoms with Crippen LogP contribution in [-0.4, -0.2) is 12.2 Å². The first-order valence-electron chi connectivity index (χ1n) is 2.77. The van der Waals surface area contributed by atoms with E-state index >= 15 is 0 Å². The van der Waals surface area contributed by atoms with Crippen molar-refractivity contribution in [1.29, 1.82) is 0 Å². The molecule has 0 rings (SSSR count). The number of carbonyl (C=O) groups is 1. The second-order valence-corrected chi connectivity index (χ2v) is 1.97. The van der Waals surface area contributed by atoms with Crippen molar-refractivity contribution in [3.8, 4) is 0 Å². The van der Waals surface area contributed by atoms with Crippen molar-refractivity contribution < 1.29 is 9.90 Å². The quantitative estimate of drug-likeness (QED) is 0.575. The van der Waals surface area contributed by atoms with E-state index in [1.54, 1.807) is 6.26 Å². The molecule has 3 heteroatoms. The number of aliphatic carboxylic acids is 1. The summed E-state index contributed by atoms with van der Waals surface area (Å²) < 4.78 is 0. The first kappa shape index (κ1) is 11.6. The molecule has 0 heterocycles. The van der Waals surface area contributed by atoms with Gasteiger partial charge >= 0.3 is 0 Å². The summed E-state index contributed by atoms with van der Waals surface area (Å²) in [5.74, 6) is -0.750. The van der Waals surface area contributed by atoms with Gasteiger partial charge in [0.1, 0.15) is 0 Å². The molecule has 0 N–H and O–H groups in total. The highest BCUT2D eigenvalue weighted by Gasteiger charge is 1.90. The predicted octanol–water partition coefficient (Wildman–Crippen LogP) is 0.328. The minimum absolute atomic E-state index is 0.167. The van der Waals surface area contributed by atoms with Crippen LogP contribution in [0.4, 0.5) is 0 Å². The Balaban J connectivity index is 0. The highest BCUT2D eigenvalue weighted by atomic mass is 32.1. The largest absolute Gasteiger partial charge is 0.550 e. The molecular formula is C6H13O2S-. The lowest BCUT2D eigenvalue weighted by Gasteiger charge is -2.02. The minimum atomic E-state index is -0.963. The van der Waals surface area contributed by atoms with Gasteiger partial charge in [-0.15, -0.1) is 0 Å². The molecule has 0 atom stereocenters. The molecule has 2 nitrogen and oxygen atoms in total. The number of thiol groups is 1. The molecule has 0 fully saturated rings. The molecule has 0 saturated carbocycles. The highest BCUT2D eigenvalue weighted by molar-refractivity contribution is 7.79. The summed E-state index contributed by atoms with van der Waals surface area (Å²) >= 11 is 3.53. The van der Waals surface area contributed by atoms with Crippen LogP contribution in [0.3, 0.4) is 0 Å². The smallest absolute Gasteiger partial charge is 0.0416 e. The molecule has 0 amide bonds. The van der Waals surface area contributed by atoms with Crippen molar-refractivity contribution >= 4 is 18.6 Å². The maximum atomic E-state index is 9.70. The van der Waals surface area contributed by atoms with E-state index in [4.69, 9.17) is 0 Å². The summed E-state index contributed by atoms with van der Waals surface area (Å²) in [7, 11) is 0. The van der Waals surface area contributed by atoms with Gasteiger partial charge in [-0.3, -0.25) is 0 Å². The van der Waals surface area contributed by atoms with Crippen LogP contribution in [0.2, 0.25) is 0 Å². The zero-order valence-corrected chi connectivity index (χ0v) is 6.94. The molecule has 0 aliphatic carbocycles.